The average Bonchev–Trinajstić information content (AvgIpc) is 3.40. The Kier molecular flexibility index (Phi) is 3.25. The zero-order valence-corrected chi connectivity index (χ0v) is 14.2. The Morgan fingerprint density at radius 3 is 2.50 bits per heavy atom. The minimum atomic E-state index is 0.762. The molecule has 126 valence electrons. The van der Waals surface area contributed by atoms with E-state index < -0.39 is 0 Å². The Labute approximate surface area is 150 Å². The predicted molar refractivity (Wildman–Crippen MR) is 100 cm³/mol. The monoisotopic (exact) mass is 340 g/mol. The molecule has 0 N–H and O–H groups in total. The van der Waals surface area contributed by atoms with Crippen LogP contribution in [0.2, 0.25) is 0 Å². The van der Waals surface area contributed by atoms with Crippen LogP contribution in [0.25, 0.3) is 33.8 Å². The number of hydrogen-bond acceptors (Lipinski definition) is 3. The van der Waals surface area contributed by atoms with E-state index in [9.17, 15) is 0 Å². The highest BCUT2D eigenvalue weighted by Gasteiger charge is 2.19. The van der Waals surface area contributed by atoms with E-state index in [0.29, 0.717) is 0 Å². The first-order valence-corrected chi connectivity index (χ1v) is 8.44. The summed E-state index contributed by atoms with van der Waals surface area (Å²) in [7, 11) is 0. The molecule has 5 aromatic rings. The van der Waals surface area contributed by atoms with Crippen molar-refractivity contribution in [2.75, 3.05) is 0 Å². The van der Waals surface area contributed by atoms with Gasteiger partial charge in [-0.1, -0.05) is 35.5 Å². The number of pyridine rings is 1. The van der Waals surface area contributed by atoms with Gasteiger partial charge in [0, 0.05) is 30.4 Å². The van der Waals surface area contributed by atoms with Crippen LogP contribution in [0.15, 0.2) is 83.9 Å². The van der Waals surface area contributed by atoms with Gasteiger partial charge in [-0.25, -0.2) is 4.98 Å². The molecule has 5 rings (SSSR count). The number of aromatic nitrogens is 4. The summed E-state index contributed by atoms with van der Waals surface area (Å²) in [4.78, 5) is 4.78. The van der Waals surface area contributed by atoms with Crippen molar-refractivity contribution < 1.29 is 4.52 Å². The summed E-state index contributed by atoms with van der Waals surface area (Å²) in [6.45, 7) is 1.92. The smallest absolute Gasteiger partial charge is 0.143 e. The van der Waals surface area contributed by atoms with E-state index in [-0.39, 0.29) is 0 Å². The van der Waals surface area contributed by atoms with E-state index >= 15 is 0 Å². The van der Waals surface area contributed by atoms with Gasteiger partial charge in [-0.05, 0) is 31.2 Å². The molecule has 26 heavy (non-hydrogen) atoms. The highest BCUT2D eigenvalue weighted by Crippen LogP contribution is 2.33. The van der Waals surface area contributed by atoms with Gasteiger partial charge in [0.05, 0.1) is 16.9 Å². The maximum Gasteiger partial charge on any atom is 0.143 e. The van der Waals surface area contributed by atoms with Gasteiger partial charge >= 0.3 is 0 Å². The average molecular weight is 340 g/mol. The van der Waals surface area contributed by atoms with Crippen molar-refractivity contribution in [3.8, 4) is 28.2 Å². The second-order valence-electron chi connectivity index (χ2n) is 6.20. The zero-order chi connectivity index (χ0) is 17.5. The zero-order valence-electron chi connectivity index (χ0n) is 14.2. The maximum atomic E-state index is 5.48. The Morgan fingerprint density at radius 2 is 1.69 bits per heavy atom. The fourth-order valence-electron chi connectivity index (χ4n) is 3.23. The van der Waals surface area contributed by atoms with Gasteiger partial charge in [0.15, 0.2) is 0 Å². The van der Waals surface area contributed by atoms with Gasteiger partial charge in [-0.2, -0.15) is 0 Å². The normalized spacial score (nSPS) is 11.3. The summed E-state index contributed by atoms with van der Waals surface area (Å²) < 4.78 is 9.58. The van der Waals surface area contributed by atoms with Crippen molar-refractivity contribution in [1.82, 2.24) is 19.1 Å². The van der Waals surface area contributed by atoms with Crippen molar-refractivity contribution in [1.29, 1.82) is 0 Å². The molecule has 0 amide bonds. The Morgan fingerprint density at radius 1 is 0.885 bits per heavy atom. The molecule has 0 aliphatic carbocycles. The molecular weight excluding hydrogens is 324 g/mol. The topological polar surface area (TPSA) is 48.3 Å². The van der Waals surface area contributed by atoms with Crippen molar-refractivity contribution >= 4 is 5.65 Å². The van der Waals surface area contributed by atoms with E-state index in [1.807, 2.05) is 78.4 Å². The molecule has 4 aromatic heterocycles. The second kappa shape index (κ2) is 5.74. The van der Waals surface area contributed by atoms with E-state index in [1.165, 1.54) is 0 Å². The van der Waals surface area contributed by atoms with Crippen LogP contribution in [-0.4, -0.2) is 19.1 Å². The summed E-state index contributed by atoms with van der Waals surface area (Å²) in [5.41, 5.74) is 5.59. The molecule has 5 heteroatoms. The lowest BCUT2D eigenvalue weighted by atomic mass is 10.0. The third-order valence-corrected chi connectivity index (χ3v) is 4.50. The fraction of sp³-hybridized carbons (Fsp3) is 0.0476. The first kappa shape index (κ1) is 14.7. The predicted octanol–water partition coefficient (Wildman–Crippen LogP) is 4.76. The highest BCUT2D eigenvalue weighted by atomic mass is 16.5. The van der Waals surface area contributed by atoms with Crippen molar-refractivity contribution in [2.24, 2.45) is 0 Å². The molecular formula is C21H16N4O. The molecule has 4 heterocycles. The van der Waals surface area contributed by atoms with Gasteiger partial charge in [0.25, 0.3) is 0 Å². The number of benzene rings is 1. The largest absolute Gasteiger partial charge is 0.360 e. The summed E-state index contributed by atoms with van der Waals surface area (Å²) >= 11 is 0. The van der Waals surface area contributed by atoms with Crippen LogP contribution < -0.4 is 0 Å². The minimum Gasteiger partial charge on any atom is -0.360 e. The van der Waals surface area contributed by atoms with Crippen molar-refractivity contribution in [3.63, 3.8) is 0 Å². The van der Waals surface area contributed by atoms with E-state index in [2.05, 4.69) is 22.0 Å². The minimum absolute atomic E-state index is 0.762. The molecule has 0 saturated heterocycles. The van der Waals surface area contributed by atoms with E-state index in [0.717, 1.165) is 39.6 Å². The molecule has 0 unspecified atom stereocenters. The molecule has 0 saturated carbocycles. The van der Waals surface area contributed by atoms with Gasteiger partial charge in [0.2, 0.25) is 0 Å². The van der Waals surface area contributed by atoms with E-state index in [1.54, 1.807) is 0 Å². The Hall–Kier alpha value is -3.60. The summed E-state index contributed by atoms with van der Waals surface area (Å²) in [6, 6.07) is 18.1. The van der Waals surface area contributed by atoms with E-state index in [4.69, 9.17) is 9.51 Å². The summed E-state index contributed by atoms with van der Waals surface area (Å²) in [5.74, 6) is 0.762. The van der Waals surface area contributed by atoms with Crippen LogP contribution in [0.4, 0.5) is 0 Å². The molecule has 0 aliphatic heterocycles. The molecule has 5 nitrogen and oxygen atoms in total. The van der Waals surface area contributed by atoms with Crippen LogP contribution in [0.5, 0.6) is 0 Å². The van der Waals surface area contributed by atoms with Crippen molar-refractivity contribution in [3.05, 3.63) is 85.1 Å². The number of nitrogens with zero attached hydrogens (tertiary/aromatic N) is 4. The summed E-state index contributed by atoms with van der Waals surface area (Å²) in [6.07, 6.45) is 8.14. The quantitative estimate of drug-likeness (QED) is 0.476. The van der Waals surface area contributed by atoms with Crippen LogP contribution in [0, 0.1) is 6.92 Å². The number of imidazole rings is 1. The SMILES string of the molecule is Cc1onc(-c2ccccc2)c1-c1cn2cc(-n3cccc3)ccc2n1. The van der Waals surface area contributed by atoms with Gasteiger partial charge in [-0.15, -0.1) is 0 Å². The second-order valence-corrected chi connectivity index (χ2v) is 6.20. The number of rotatable bonds is 3. The van der Waals surface area contributed by atoms with Gasteiger partial charge < -0.3 is 13.5 Å². The standard InChI is InChI=1S/C21H16N4O/c1-15-20(21(23-26-15)16-7-3-2-4-8-16)18-14-25-13-17(9-10-19(25)22-18)24-11-5-6-12-24/h2-14H,1H3. The molecule has 0 aliphatic rings. The Bertz CT molecular complexity index is 1180. The molecule has 0 spiro atoms. The van der Waals surface area contributed by atoms with Gasteiger partial charge in [-0.3, -0.25) is 0 Å². The third kappa shape index (κ3) is 2.33. The fourth-order valence-corrected chi connectivity index (χ4v) is 3.23. The molecule has 1 aromatic carbocycles. The highest BCUT2D eigenvalue weighted by molar-refractivity contribution is 5.80. The maximum absolute atomic E-state index is 5.48. The summed E-state index contributed by atoms with van der Waals surface area (Å²) in [5, 5.41) is 4.26. The molecule has 0 fully saturated rings. The third-order valence-electron chi connectivity index (χ3n) is 4.50. The Balaban J connectivity index is 1.65. The molecule has 0 bridgehead atoms. The van der Waals surface area contributed by atoms with Crippen LogP contribution in [0.1, 0.15) is 5.76 Å². The van der Waals surface area contributed by atoms with Crippen LogP contribution >= 0.6 is 0 Å². The molecule has 0 atom stereocenters. The first-order chi connectivity index (χ1) is 12.8. The number of hydrogen-bond donors (Lipinski definition) is 0. The molecule has 0 radical (unpaired) electrons. The van der Waals surface area contributed by atoms with Crippen LogP contribution in [0.3, 0.4) is 0 Å². The lowest BCUT2D eigenvalue weighted by Gasteiger charge is -2.02. The lowest BCUT2D eigenvalue weighted by molar-refractivity contribution is 0.400. The first-order valence-electron chi connectivity index (χ1n) is 8.44. The van der Waals surface area contributed by atoms with Crippen molar-refractivity contribution in [2.45, 2.75) is 6.92 Å². The lowest BCUT2D eigenvalue weighted by Crippen LogP contribution is -1.92. The number of fused-ring (bicyclic) bond motifs is 1. The number of aryl methyl sites for hydroxylation is 1. The van der Waals surface area contributed by atoms with Crippen LogP contribution in [-0.2, 0) is 0 Å². The van der Waals surface area contributed by atoms with Gasteiger partial charge in [0.1, 0.15) is 17.1 Å².